The zero-order chi connectivity index (χ0) is 21.0. The highest BCUT2D eigenvalue weighted by Gasteiger charge is 2.23. The molecule has 0 aromatic carbocycles. The number of hydrogen-bond donors (Lipinski definition) is 4. The van der Waals surface area contributed by atoms with E-state index in [9.17, 15) is 14.4 Å². The number of hydrogen-bond acceptors (Lipinski definition) is 10. The summed E-state index contributed by atoms with van der Waals surface area (Å²) in [6.45, 7) is 10.5. The van der Waals surface area contributed by atoms with Crippen LogP contribution in [0.2, 0.25) is 0 Å². The minimum atomic E-state index is -0.704. The van der Waals surface area contributed by atoms with Crippen LogP contribution >= 0.6 is 0 Å². The molecule has 0 aliphatic rings. The van der Waals surface area contributed by atoms with Crippen molar-refractivity contribution in [2.75, 3.05) is 65.6 Å². The number of esters is 3. The summed E-state index contributed by atoms with van der Waals surface area (Å²) in [6.07, 6.45) is -0.0486. The molecular weight excluding hydrogens is 368 g/mol. The Balaban J connectivity index is 3.72. The molecule has 0 fully saturated rings. The summed E-state index contributed by atoms with van der Waals surface area (Å²) in [7, 11) is 0. The molecule has 0 aromatic rings. The van der Waals surface area contributed by atoms with E-state index in [0.717, 1.165) is 19.6 Å². The van der Waals surface area contributed by atoms with Crippen LogP contribution < -0.4 is 21.3 Å². The number of carbonyl (C=O) groups excluding carboxylic acids is 3. The quantitative estimate of drug-likeness (QED) is 0.126. The number of carbonyl (C=O) groups is 3. The third kappa shape index (κ3) is 15.3. The van der Waals surface area contributed by atoms with Crippen molar-refractivity contribution in [3.05, 3.63) is 0 Å². The lowest BCUT2D eigenvalue weighted by molar-refractivity contribution is -0.152. The van der Waals surface area contributed by atoms with E-state index in [2.05, 4.69) is 21.3 Å². The molecule has 164 valence electrons. The van der Waals surface area contributed by atoms with Gasteiger partial charge in [-0.3, -0.25) is 14.4 Å². The van der Waals surface area contributed by atoms with Crippen LogP contribution in [0.5, 0.6) is 0 Å². The zero-order valence-corrected chi connectivity index (χ0v) is 17.3. The van der Waals surface area contributed by atoms with Crippen molar-refractivity contribution in [3.8, 4) is 0 Å². The third-order valence-electron chi connectivity index (χ3n) is 3.47. The summed E-state index contributed by atoms with van der Waals surface area (Å²) in [5.41, 5.74) is 0. The summed E-state index contributed by atoms with van der Waals surface area (Å²) in [4.78, 5) is 34.6. The second-order valence-corrected chi connectivity index (χ2v) is 5.75. The third-order valence-corrected chi connectivity index (χ3v) is 3.47. The molecule has 0 aromatic heterocycles. The van der Waals surface area contributed by atoms with Crippen LogP contribution in [0.3, 0.4) is 0 Å². The van der Waals surface area contributed by atoms with Gasteiger partial charge in [0.15, 0.2) is 0 Å². The van der Waals surface area contributed by atoms with Gasteiger partial charge in [0.2, 0.25) is 0 Å². The van der Waals surface area contributed by atoms with E-state index in [1.165, 1.54) is 0 Å². The van der Waals surface area contributed by atoms with Gasteiger partial charge in [0.25, 0.3) is 0 Å². The minimum absolute atomic E-state index is 0.0486. The second-order valence-electron chi connectivity index (χ2n) is 5.75. The monoisotopic (exact) mass is 404 g/mol. The summed E-state index contributed by atoms with van der Waals surface area (Å²) in [5, 5.41) is 12.5. The lowest BCUT2D eigenvalue weighted by atomic mass is 10.2. The van der Waals surface area contributed by atoms with Crippen molar-refractivity contribution in [3.63, 3.8) is 0 Å². The van der Waals surface area contributed by atoms with Crippen LogP contribution in [0.15, 0.2) is 0 Å². The van der Waals surface area contributed by atoms with Crippen LogP contribution in [-0.4, -0.2) is 89.6 Å². The minimum Gasteiger partial charge on any atom is -0.466 e. The van der Waals surface area contributed by atoms with E-state index in [1.807, 2.05) is 0 Å². The van der Waals surface area contributed by atoms with Crippen molar-refractivity contribution in [1.29, 1.82) is 0 Å². The van der Waals surface area contributed by atoms with E-state index < -0.39 is 18.0 Å². The van der Waals surface area contributed by atoms with Crippen LogP contribution in [0.4, 0.5) is 0 Å². The van der Waals surface area contributed by atoms with Gasteiger partial charge >= 0.3 is 17.9 Å². The van der Waals surface area contributed by atoms with Crippen molar-refractivity contribution in [2.24, 2.45) is 0 Å². The smallest absolute Gasteiger partial charge is 0.323 e. The Morgan fingerprint density at radius 3 is 1.75 bits per heavy atom. The second kappa shape index (κ2) is 18.6. The molecule has 0 spiro atoms. The molecule has 0 rings (SSSR count). The highest BCUT2D eigenvalue weighted by molar-refractivity contribution is 5.82. The molecule has 0 aliphatic heterocycles. The first-order valence-electron chi connectivity index (χ1n) is 9.88. The van der Waals surface area contributed by atoms with E-state index in [4.69, 9.17) is 14.2 Å². The molecule has 0 amide bonds. The van der Waals surface area contributed by atoms with Gasteiger partial charge in [-0.15, -0.1) is 0 Å². The van der Waals surface area contributed by atoms with E-state index in [0.29, 0.717) is 26.2 Å². The summed E-state index contributed by atoms with van der Waals surface area (Å²) in [6, 6.07) is -0.704. The predicted octanol–water partition coefficient (Wildman–Crippen LogP) is -1.21. The zero-order valence-electron chi connectivity index (χ0n) is 17.3. The van der Waals surface area contributed by atoms with E-state index in [1.54, 1.807) is 20.8 Å². The molecule has 1 unspecified atom stereocenters. The number of nitrogens with one attached hydrogen (secondary N) is 4. The Morgan fingerprint density at radius 2 is 1.18 bits per heavy atom. The molecular formula is C18H36N4O6. The van der Waals surface area contributed by atoms with Gasteiger partial charge in [0, 0.05) is 39.3 Å². The first-order valence-corrected chi connectivity index (χ1v) is 9.88. The van der Waals surface area contributed by atoms with Crippen LogP contribution in [-0.2, 0) is 28.6 Å². The van der Waals surface area contributed by atoms with Crippen LogP contribution in [0, 0.1) is 0 Å². The van der Waals surface area contributed by atoms with Crippen molar-refractivity contribution in [2.45, 2.75) is 33.2 Å². The van der Waals surface area contributed by atoms with Crippen LogP contribution in [0.1, 0.15) is 27.2 Å². The lowest BCUT2D eigenvalue weighted by Gasteiger charge is -2.16. The number of ether oxygens (including phenoxy) is 3. The van der Waals surface area contributed by atoms with Gasteiger partial charge in [0.1, 0.15) is 6.04 Å². The highest BCUT2D eigenvalue weighted by Crippen LogP contribution is 1.98. The topological polar surface area (TPSA) is 127 Å². The molecule has 0 saturated carbocycles. The van der Waals surface area contributed by atoms with Gasteiger partial charge in [-0.1, -0.05) is 0 Å². The Bertz CT molecular complexity index is 436. The molecule has 0 saturated heterocycles. The Morgan fingerprint density at radius 1 is 0.679 bits per heavy atom. The van der Waals surface area contributed by atoms with Crippen molar-refractivity contribution in [1.82, 2.24) is 21.3 Å². The van der Waals surface area contributed by atoms with E-state index >= 15 is 0 Å². The Hall–Kier alpha value is -1.75. The first kappa shape index (κ1) is 26.2. The fourth-order valence-electron chi connectivity index (χ4n) is 2.21. The Labute approximate surface area is 167 Å². The maximum atomic E-state index is 11.9. The average Bonchev–Trinajstić information content (AvgIpc) is 2.65. The first-order chi connectivity index (χ1) is 13.5. The maximum Gasteiger partial charge on any atom is 0.323 e. The number of rotatable bonds is 18. The predicted molar refractivity (Wildman–Crippen MR) is 105 cm³/mol. The lowest BCUT2D eigenvalue weighted by Crippen LogP contribution is -2.43. The molecule has 0 aliphatic carbocycles. The van der Waals surface area contributed by atoms with Gasteiger partial charge < -0.3 is 35.5 Å². The summed E-state index contributed by atoms with van der Waals surface area (Å²) in [5.74, 6) is -1.13. The fraction of sp³-hybridized carbons (Fsp3) is 0.833. The van der Waals surface area contributed by atoms with Gasteiger partial charge in [-0.05, 0) is 20.8 Å². The van der Waals surface area contributed by atoms with Gasteiger partial charge in [-0.2, -0.15) is 0 Å². The normalized spacial score (nSPS) is 11.7. The fourth-order valence-corrected chi connectivity index (χ4v) is 2.21. The van der Waals surface area contributed by atoms with Gasteiger partial charge in [-0.25, -0.2) is 0 Å². The molecule has 10 heteroatoms. The molecule has 0 heterocycles. The molecule has 10 nitrogen and oxygen atoms in total. The average molecular weight is 405 g/mol. The van der Waals surface area contributed by atoms with E-state index in [-0.39, 0.29) is 32.1 Å². The van der Waals surface area contributed by atoms with Crippen LogP contribution in [0.25, 0.3) is 0 Å². The van der Waals surface area contributed by atoms with Gasteiger partial charge in [0.05, 0.1) is 32.8 Å². The molecule has 0 radical (unpaired) electrons. The van der Waals surface area contributed by atoms with Crippen molar-refractivity contribution >= 4 is 17.9 Å². The highest BCUT2D eigenvalue weighted by atomic mass is 16.5. The molecule has 28 heavy (non-hydrogen) atoms. The summed E-state index contributed by atoms with van der Waals surface area (Å²) >= 11 is 0. The molecule has 4 N–H and O–H groups in total. The maximum absolute atomic E-state index is 11.9. The molecule has 1 atom stereocenters. The summed E-state index contributed by atoms with van der Waals surface area (Å²) < 4.78 is 14.7. The SMILES string of the molecule is CCOC(=O)CNCCNCCNCCNC(CC(=O)OCC)C(=O)OCC. The van der Waals surface area contributed by atoms with Crippen molar-refractivity contribution < 1.29 is 28.6 Å². The molecule has 0 bridgehead atoms. The Kier molecular flexibility index (Phi) is 17.4. The largest absolute Gasteiger partial charge is 0.466 e. The standard InChI is InChI=1S/C18H36N4O6/c1-4-26-16(23)13-15(18(25)28-6-3)22-12-11-20-8-7-19-9-10-21-14-17(24)27-5-2/h15,19-22H,4-14H2,1-3H3.